The summed E-state index contributed by atoms with van der Waals surface area (Å²) >= 11 is 3.42. The number of amides is 3. The Morgan fingerprint density at radius 3 is 2.96 bits per heavy atom. The van der Waals surface area contributed by atoms with E-state index >= 15 is 0 Å². The molecule has 28 heavy (non-hydrogen) atoms. The summed E-state index contributed by atoms with van der Waals surface area (Å²) in [7, 11) is 0. The molecule has 2 aromatic rings. The van der Waals surface area contributed by atoms with Crippen LogP contribution in [0.15, 0.2) is 70.2 Å². The Labute approximate surface area is 169 Å². The van der Waals surface area contributed by atoms with Gasteiger partial charge in [0.2, 0.25) is 5.82 Å². The molecule has 2 aliphatic rings. The largest absolute Gasteiger partial charge is 0.501 e. The van der Waals surface area contributed by atoms with Crippen LogP contribution >= 0.6 is 15.9 Å². The number of allylic oxidation sites excluding steroid dienone is 3. The summed E-state index contributed by atoms with van der Waals surface area (Å²) in [6, 6.07) is 7.10. The second kappa shape index (κ2) is 7.47. The van der Waals surface area contributed by atoms with Crippen molar-refractivity contribution in [1.82, 2.24) is 15.0 Å². The monoisotopic (exact) mass is 439 g/mol. The Morgan fingerprint density at radius 1 is 1.32 bits per heavy atom. The number of hydrogen-bond donors (Lipinski definition) is 0. The smallest absolute Gasteiger partial charge is 0.335 e. The number of carbonyl (C=O) groups is 2. The minimum atomic E-state index is -0.518. The van der Waals surface area contributed by atoms with Gasteiger partial charge in [0.15, 0.2) is 6.54 Å². The van der Waals surface area contributed by atoms with Crippen molar-refractivity contribution in [3.8, 4) is 11.4 Å². The molecular weight excluding hydrogens is 424 g/mol. The molecule has 1 aliphatic carbocycles. The molecule has 0 saturated heterocycles. The maximum Gasteiger partial charge on any atom is 0.501 e. The molecule has 0 N–H and O–H groups in total. The van der Waals surface area contributed by atoms with Gasteiger partial charge < -0.3 is 4.52 Å². The van der Waals surface area contributed by atoms with Crippen LogP contribution in [0.1, 0.15) is 5.89 Å². The highest BCUT2D eigenvalue weighted by Crippen LogP contribution is 2.23. The summed E-state index contributed by atoms with van der Waals surface area (Å²) in [6.45, 7) is 3.85. The number of halogens is 1. The fraction of sp³-hybridized carbons (Fsp3) is 0.150. The molecule has 4 rings (SSSR count). The van der Waals surface area contributed by atoms with Gasteiger partial charge in [-0.2, -0.15) is 19.3 Å². The molecule has 1 aromatic heterocycles. The van der Waals surface area contributed by atoms with Crippen molar-refractivity contribution in [2.45, 2.75) is 6.54 Å². The normalized spacial score (nSPS) is 18.6. The first-order valence-corrected chi connectivity index (χ1v) is 9.42. The summed E-state index contributed by atoms with van der Waals surface area (Å²) in [5.41, 5.74) is 1.39. The Morgan fingerprint density at radius 2 is 2.18 bits per heavy atom. The van der Waals surface area contributed by atoms with Crippen LogP contribution in [0.25, 0.3) is 11.4 Å². The second-order valence-corrected chi connectivity index (χ2v) is 7.19. The Hall–Kier alpha value is -3.13. The lowest BCUT2D eigenvalue weighted by molar-refractivity contribution is -0.459. The quantitative estimate of drug-likeness (QED) is 0.527. The Kier molecular flexibility index (Phi) is 4.87. The summed E-state index contributed by atoms with van der Waals surface area (Å²) in [6.07, 6.45) is 8.65. The van der Waals surface area contributed by atoms with Crippen molar-refractivity contribution in [3.05, 3.63) is 71.6 Å². The van der Waals surface area contributed by atoms with Crippen LogP contribution in [0.3, 0.4) is 0 Å². The van der Waals surface area contributed by atoms with Crippen molar-refractivity contribution in [3.63, 3.8) is 0 Å². The summed E-state index contributed by atoms with van der Waals surface area (Å²) in [5.74, 6) is -0.0712. The van der Waals surface area contributed by atoms with Crippen LogP contribution in [0.4, 0.5) is 4.79 Å². The third-order valence-corrected chi connectivity index (χ3v) is 4.96. The van der Waals surface area contributed by atoms with Crippen LogP contribution in [-0.2, 0) is 11.3 Å². The molecule has 8 heteroatoms. The van der Waals surface area contributed by atoms with E-state index in [1.54, 1.807) is 24.3 Å². The number of hydrogen-bond acceptors (Lipinski definition) is 5. The number of carbonyl (C=O) groups excluding carboxylic acids is 2. The average Bonchev–Trinajstić information content (AvgIpc) is 3.17. The zero-order valence-corrected chi connectivity index (χ0v) is 16.4. The first-order chi connectivity index (χ1) is 13.6. The third kappa shape index (κ3) is 3.27. The first kappa shape index (κ1) is 18.2. The molecule has 1 unspecified atom stereocenters. The number of benzene rings is 1. The van der Waals surface area contributed by atoms with Gasteiger partial charge in [0.25, 0.3) is 5.89 Å². The molecule has 2 heterocycles. The minimum absolute atomic E-state index is 0.0742. The molecule has 0 spiro atoms. The number of fused-ring (bicyclic) bond motifs is 1. The Balaban J connectivity index is 1.69. The molecule has 140 valence electrons. The van der Waals surface area contributed by atoms with E-state index in [-0.39, 0.29) is 24.9 Å². The molecule has 7 nitrogen and oxygen atoms in total. The molecule has 1 aromatic carbocycles. The van der Waals surface area contributed by atoms with Gasteiger partial charge in [-0.25, -0.2) is 4.79 Å². The van der Waals surface area contributed by atoms with Gasteiger partial charge in [0, 0.05) is 10.0 Å². The summed E-state index contributed by atoms with van der Waals surface area (Å²) < 4.78 is 7.76. The van der Waals surface area contributed by atoms with Gasteiger partial charge in [-0.15, -0.1) is 0 Å². The maximum absolute atomic E-state index is 12.9. The predicted molar refractivity (Wildman–Crippen MR) is 105 cm³/mol. The summed E-state index contributed by atoms with van der Waals surface area (Å²) in [5, 5.41) is 4.01. The molecule has 0 bridgehead atoms. The fourth-order valence-corrected chi connectivity index (χ4v) is 3.57. The molecule has 0 radical (unpaired) electrons. The van der Waals surface area contributed by atoms with E-state index in [0.717, 1.165) is 10.0 Å². The number of urea groups is 1. The van der Waals surface area contributed by atoms with Crippen LogP contribution in [0, 0.1) is 5.92 Å². The topological polar surface area (TPSA) is 79.3 Å². The lowest BCUT2D eigenvalue weighted by Crippen LogP contribution is -2.54. The van der Waals surface area contributed by atoms with Gasteiger partial charge in [-0.05, 0) is 18.2 Å². The van der Waals surface area contributed by atoms with E-state index < -0.39 is 11.9 Å². The number of nitrogens with zero attached hydrogens (tertiary/aromatic N) is 4. The van der Waals surface area contributed by atoms with Crippen molar-refractivity contribution in [2.24, 2.45) is 5.92 Å². The molecule has 3 amide bonds. The predicted octanol–water partition coefficient (Wildman–Crippen LogP) is 3.34. The van der Waals surface area contributed by atoms with E-state index in [9.17, 15) is 9.59 Å². The van der Waals surface area contributed by atoms with E-state index in [1.807, 2.05) is 24.3 Å². The number of rotatable bonds is 5. The van der Waals surface area contributed by atoms with Gasteiger partial charge in [-0.3, -0.25) is 0 Å². The first-order valence-electron chi connectivity index (χ1n) is 8.62. The van der Waals surface area contributed by atoms with Crippen molar-refractivity contribution < 1.29 is 18.7 Å². The highest BCUT2D eigenvalue weighted by atomic mass is 79.9. The number of aromatic nitrogens is 2. The van der Waals surface area contributed by atoms with Crippen LogP contribution in [0.5, 0.6) is 0 Å². The lowest BCUT2D eigenvalue weighted by atomic mass is 9.94. The highest BCUT2D eigenvalue weighted by molar-refractivity contribution is 9.10. The summed E-state index contributed by atoms with van der Waals surface area (Å²) in [4.78, 5) is 31.1. The Bertz CT molecular complexity index is 1070. The fourth-order valence-electron chi connectivity index (χ4n) is 3.17. The molecule has 1 aliphatic heterocycles. The van der Waals surface area contributed by atoms with Crippen LogP contribution in [0.2, 0.25) is 0 Å². The second-order valence-electron chi connectivity index (χ2n) is 6.27. The third-order valence-electron chi connectivity index (χ3n) is 4.46. The van der Waals surface area contributed by atoms with Crippen LogP contribution < -0.4 is 0 Å². The van der Waals surface area contributed by atoms with Gasteiger partial charge in [0.1, 0.15) is 18.2 Å². The zero-order chi connectivity index (χ0) is 19.7. The highest BCUT2D eigenvalue weighted by Gasteiger charge is 2.46. The standard InChI is InChI=1S/C20H16BrN4O3/c1-2-10-24-19(26)15-8-3-4-9-16(15)25(20(24)27)12-17-22-18(23-28-17)13-6-5-7-14(21)11-13/h2-9,11,15H,1,10,12H2/q+1. The van der Waals surface area contributed by atoms with Crippen molar-refractivity contribution >= 4 is 33.6 Å². The SMILES string of the molecule is C=CCN1C(=O)C2C=CC=CC2=[N+](Cc2nc(-c3cccc(Br)c3)no2)C1=O. The number of imide groups is 1. The van der Waals surface area contributed by atoms with Gasteiger partial charge in [0.05, 0.1) is 0 Å². The minimum Gasteiger partial charge on any atom is -0.335 e. The van der Waals surface area contributed by atoms with Crippen molar-refractivity contribution in [1.29, 1.82) is 0 Å². The van der Waals surface area contributed by atoms with E-state index in [4.69, 9.17) is 4.52 Å². The maximum atomic E-state index is 12.9. The van der Waals surface area contributed by atoms with E-state index in [2.05, 4.69) is 32.6 Å². The van der Waals surface area contributed by atoms with Gasteiger partial charge >= 0.3 is 11.9 Å². The van der Waals surface area contributed by atoms with Gasteiger partial charge in [-0.1, -0.05) is 64.1 Å². The zero-order valence-electron chi connectivity index (χ0n) is 14.8. The molecule has 1 atom stereocenters. The molecular formula is C20H16BrN4O3+. The van der Waals surface area contributed by atoms with E-state index in [1.165, 1.54) is 15.6 Å². The van der Waals surface area contributed by atoms with Crippen molar-refractivity contribution in [2.75, 3.05) is 6.54 Å². The van der Waals surface area contributed by atoms with Crippen LogP contribution in [-0.4, -0.2) is 43.8 Å². The molecule has 0 saturated carbocycles. The van der Waals surface area contributed by atoms with E-state index in [0.29, 0.717) is 11.5 Å². The average molecular weight is 440 g/mol. The molecule has 0 fully saturated rings. The lowest BCUT2D eigenvalue weighted by Gasteiger charge is -2.25.